The van der Waals surface area contributed by atoms with Gasteiger partial charge in [0.15, 0.2) is 0 Å². The summed E-state index contributed by atoms with van der Waals surface area (Å²) in [6, 6.07) is 5.15. The molecule has 0 aliphatic carbocycles. The summed E-state index contributed by atoms with van der Waals surface area (Å²) in [4.78, 5) is 11.8. The van der Waals surface area contributed by atoms with Crippen molar-refractivity contribution in [1.29, 1.82) is 0 Å². The molecule has 1 atom stereocenters. The number of carbonyl (C=O) groups is 1. The minimum Gasteiger partial charge on any atom is -0.388 e. The van der Waals surface area contributed by atoms with E-state index >= 15 is 0 Å². The van der Waals surface area contributed by atoms with E-state index in [0.29, 0.717) is 17.0 Å². The highest BCUT2D eigenvalue weighted by molar-refractivity contribution is 6.31. The Morgan fingerprint density at radius 1 is 1.53 bits per heavy atom. The maximum atomic E-state index is 11.8. The van der Waals surface area contributed by atoms with Gasteiger partial charge < -0.3 is 10.4 Å². The van der Waals surface area contributed by atoms with Gasteiger partial charge in [-0.3, -0.25) is 4.79 Å². The SMILES string of the molecule is CCC(C)(O)CNC(=O)c1ccc(C)c(Cl)c1. The zero-order valence-electron chi connectivity index (χ0n) is 10.4. The van der Waals surface area contributed by atoms with Gasteiger partial charge in [-0.15, -0.1) is 0 Å². The molecule has 4 heteroatoms. The van der Waals surface area contributed by atoms with Gasteiger partial charge in [0.2, 0.25) is 0 Å². The Morgan fingerprint density at radius 3 is 2.71 bits per heavy atom. The Balaban J connectivity index is 2.68. The van der Waals surface area contributed by atoms with E-state index < -0.39 is 5.60 Å². The smallest absolute Gasteiger partial charge is 0.251 e. The Hall–Kier alpha value is -1.06. The molecule has 1 rings (SSSR count). The largest absolute Gasteiger partial charge is 0.388 e. The second kappa shape index (κ2) is 5.52. The minimum absolute atomic E-state index is 0.222. The lowest BCUT2D eigenvalue weighted by molar-refractivity contribution is 0.0518. The van der Waals surface area contributed by atoms with Gasteiger partial charge in [-0.05, 0) is 38.0 Å². The van der Waals surface area contributed by atoms with Gasteiger partial charge >= 0.3 is 0 Å². The molecule has 0 heterocycles. The lowest BCUT2D eigenvalue weighted by Gasteiger charge is -2.21. The number of hydrogen-bond acceptors (Lipinski definition) is 2. The molecule has 0 aromatic heterocycles. The summed E-state index contributed by atoms with van der Waals surface area (Å²) in [6.07, 6.45) is 0.585. The number of aliphatic hydroxyl groups is 1. The molecule has 0 saturated heterocycles. The summed E-state index contributed by atoms with van der Waals surface area (Å²) in [5.74, 6) is -0.222. The fourth-order valence-electron chi connectivity index (χ4n) is 1.23. The zero-order chi connectivity index (χ0) is 13.1. The molecular formula is C13H18ClNO2. The van der Waals surface area contributed by atoms with E-state index in [0.717, 1.165) is 5.56 Å². The Bertz CT molecular complexity index is 416. The monoisotopic (exact) mass is 255 g/mol. The third kappa shape index (κ3) is 4.02. The first-order valence-electron chi connectivity index (χ1n) is 5.62. The fourth-order valence-corrected chi connectivity index (χ4v) is 1.41. The highest BCUT2D eigenvalue weighted by Crippen LogP contribution is 2.16. The van der Waals surface area contributed by atoms with Crippen LogP contribution >= 0.6 is 11.6 Å². The number of carbonyl (C=O) groups excluding carboxylic acids is 1. The van der Waals surface area contributed by atoms with E-state index in [-0.39, 0.29) is 12.5 Å². The molecule has 0 fully saturated rings. The Kier molecular flexibility index (Phi) is 4.54. The lowest BCUT2D eigenvalue weighted by Crippen LogP contribution is -2.40. The van der Waals surface area contributed by atoms with Gasteiger partial charge in [0, 0.05) is 17.1 Å². The first-order chi connectivity index (χ1) is 7.85. The van der Waals surface area contributed by atoms with Crippen LogP contribution in [0.15, 0.2) is 18.2 Å². The van der Waals surface area contributed by atoms with Crippen LogP contribution in [0.1, 0.15) is 36.2 Å². The molecule has 1 amide bonds. The Morgan fingerprint density at radius 2 is 2.18 bits per heavy atom. The second-order valence-corrected chi connectivity index (χ2v) is 4.90. The van der Waals surface area contributed by atoms with Gasteiger partial charge in [0.25, 0.3) is 5.91 Å². The van der Waals surface area contributed by atoms with E-state index in [4.69, 9.17) is 11.6 Å². The molecule has 1 unspecified atom stereocenters. The Labute approximate surface area is 107 Å². The number of halogens is 1. The first-order valence-corrected chi connectivity index (χ1v) is 6.00. The summed E-state index contributed by atoms with van der Waals surface area (Å²) in [5.41, 5.74) is 0.570. The topological polar surface area (TPSA) is 49.3 Å². The van der Waals surface area contributed by atoms with Crippen LogP contribution in [0.4, 0.5) is 0 Å². The van der Waals surface area contributed by atoms with Crippen LogP contribution in [0.3, 0.4) is 0 Å². The maximum Gasteiger partial charge on any atom is 0.251 e. The molecule has 0 radical (unpaired) electrons. The van der Waals surface area contributed by atoms with E-state index in [1.807, 2.05) is 13.8 Å². The number of nitrogens with one attached hydrogen (secondary N) is 1. The molecule has 1 aromatic carbocycles. The van der Waals surface area contributed by atoms with Gasteiger partial charge in [-0.2, -0.15) is 0 Å². The van der Waals surface area contributed by atoms with Crippen molar-refractivity contribution >= 4 is 17.5 Å². The van der Waals surface area contributed by atoms with Gasteiger partial charge in [-0.1, -0.05) is 24.6 Å². The van der Waals surface area contributed by atoms with E-state index in [1.165, 1.54) is 0 Å². The number of aryl methyl sites for hydroxylation is 1. The van der Waals surface area contributed by atoms with Crippen molar-refractivity contribution in [2.75, 3.05) is 6.54 Å². The number of benzene rings is 1. The maximum absolute atomic E-state index is 11.8. The summed E-state index contributed by atoms with van der Waals surface area (Å²) < 4.78 is 0. The van der Waals surface area contributed by atoms with Crippen molar-refractivity contribution in [1.82, 2.24) is 5.32 Å². The number of rotatable bonds is 4. The van der Waals surface area contributed by atoms with Crippen LogP contribution in [0.25, 0.3) is 0 Å². The normalized spacial score (nSPS) is 14.2. The van der Waals surface area contributed by atoms with Crippen molar-refractivity contribution < 1.29 is 9.90 Å². The molecule has 0 saturated carbocycles. The summed E-state index contributed by atoms with van der Waals surface area (Å²) in [7, 11) is 0. The van der Waals surface area contributed by atoms with Crippen molar-refractivity contribution in [2.45, 2.75) is 32.8 Å². The molecule has 0 aliphatic rings. The van der Waals surface area contributed by atoms with E-state index in [9.17, 15) is 9.90 Å². The van der Waals surface area contributed by atoms with Crippen molar-refractivity contribution in [3.8, 4) is 0 Å². The van der Waals surface area contributed by atoms with Crippen LogP contribution in [-0.4, -0.2) is 23.2 Å². The highest BCUT2D eigenvalue weighted by Gasteiger charge is 2.18. The standard InChI is InChI=1S/C13H18ClNO2/c1-4-13(3,17)8-15-12(16)10-6-5-9(2)11(14)7-10/h5-7,17H,4,8H2,1-3H3,(H,15,16). The van der Waals surface area contributed by atoms with Crippen LogP contribution < -0.4 is 5.32 Å². The van der Waals surface area contributed by atoms with Gasteiger partial charge in [-0.25, -0.2) is 0 Å². The fraction of sp³-hybridized carbons (Fsp3) is 0.462. The average molecular weight is 256 g/mol. The predicted octanol–water partition coefficient (Wildman–Crippen LogP) is 2.54. The molecule has 2 N–H and O–H groups in total. The molecular weight excluding hydrogens is 238 g/mol. The van der Waals surface area contributed by atoms with Gasteiger partial charge in [0.05, 0.1) is 5.60 Å². The van der Waals surface area contributed by atoms with Gasteiger partial charge in [0.1, 0.15) is 0 Å². The molecule has 17 heavy (non-hydrogen) atoms. The summed E-state index contributed by atoms with van der Waals surface area (Å²) >= 11 is 5.95. The van der Waals surface area contributed by atoms with Crippen molar-refractivity contribution in [2.24, 2.45) is 0 Å². The lowest BCUT2D eigenvalue weighted by atomic mass is 10.0. The van der Waals surface area contributed by atoms with E-state index in [1.54, 1.807) is 25.1 Å². The summed E-state index contributed by atoms with van der Waals surface area (Å²) in [5, 5.41) is 13.0. The molecule has 0 aliphatic heterocycles. The third-order valence-electron chi connectivity index (χ3n) is 2.83. The van der Waals surface area contributed by atoms with Crippen LogP contribution in [0.5, 0.6) is 0 Å². The summed E-state index contributed by atoms with van der Waals surface area (Å²) in [6.45, 7) is 5.67. The second-order valence-electron chi connectivity index (χ2n) is 4.50. The first kappa shape index (κ1) is 14.0. The minimum atomic E-state index is -0.871. The quantitative estimate of drug-likeness (QED) is 0.869. The van der Waals surface area contributed by atoms with Crippen LogP contribution in [0.2, 0.25) is 5.02 Å². The number of amides is 1. The molecule has 1 aromatic rings. The van der Waals surface area contributed by atoms with E-state index in [2.05, 4.69) is 5.32 Å². The van der Waals surface area contributed by atoms with Crippen LogP contribution in [-0.2, 0) is 0 Å². The molecule has 94 valence electrons. The average Bonchev–Trinajstić information content (AvgIpc) is 2.30. The van der Waals surface area contributed by atoms with Crippen LogP contribution in [0, 0.1) is 6.92 Å². The molecule has 0 bridgehead atoms. The predicted molar refractivity (Wildman–Crippen MR) is 69.4 cm³/mol. The zero-order valence-corrected chi connectivity index (χ0v) is 11.1. The molecule has 0 spiro atoms. The number of hydrogen-bond donors (Lipinski definition) is 2. The highest BCUT2D eigenvalue weighted by atomic mass is 35.5. The van der Waals surface area contributed by atoms with Crippen molar-refractivity contribution in [3.63, 3.8) is 0 Å². The molecule has 3 nitrogen and oxygen atoms in total. The van der Waals surface area contributed by atoms with Crippen molar-refractivity contribution in [3.05, 3.63) is 34.3 Å². The third-order valence-corrected chi connectivity index (χ3v) is 3.23.